The number of halogens is 1. The molecule has 1 aromatic rings. The number of nitrogen functional groups attached to an aromatic ring is 1. The van der Waals surface area contributed by atoms with Crippen molar-refractivity contribution < 1.29 is 14.3 Å². The van der Waals surface area contributed by atoms with E-state index in [9.17, 15) is 4.79 Å². The Morgan fingerprint density at radius 3 is 2.95 bits per heavy atom. The third kappa shape index (κ3) is 3.41. The van der Waals surface area contributed by atoms with E-state index in [4.69, 9.17) is 26.8 Å². The van der Waals surface area contributed by atoms with Crippen molar-refractivity contribution in [1.29, 1.82) is 0 Å². The minimum Gasteiger partial charge on any atom is -0.480 e. The average molecular weight is 301 g/mol. The van der Waals surface area contributed by atoms with Crippen LogP contribution >= 0.6 is 11.6 Å². The Labute approximate surface area is 122 Å². The van der Waals surface area contributed by atoms with Gasteiger partial charge in [-0.2, -0.15) is 0 Å². The molecule has 2 N–H and O–H groups in total. The molecule has 0 atom stereocenters. The van der Waals surface area contributed by atoms with Gasteiger partial charge in [0.15, 0.2) is 16.7 Å². The quantitative estimate of drug-likeness (QED) is 0.657. The van der Waals surface area contributed by atoms with Gasteiger partial charge >= 0.3 is 6.09 Å². The fraction of sp³-hybridized carbons (Fsp3) is 0.583. The van der Waals surface area contributed by atoms with Crippen LogP contribution < -0.4 is 10.5 Å². The Kier molecular flexibility index (Phi) is 4.84. The van der Waals surface area contributed by atoms with Gasteiger partial charge < -0.3 is 20.1 Å². The lowest BCUT2D eigenvalue weighted by Crippen LogP contribution is -2.56. The summed E-state index contributed by atoms with van der Waals surface area (Å²) in [6.45, 7) is 3.37. The molecule has 1 aromatic heterocycles. The van der Waals surface area contributed by atoms with Gasteiger partial charge in [0.1, 0.15) is 12.4 Å². The van der Waals surface area contributed by atoms with Crippen LogP contribution in [-0.2, 0) is 4.74 Å². The van der Waals surface area contributed by atoms with Crippen LogP contribution in [-0.4, -0.2) is 46.8 Å². The van der Waals surface area contributed by atoms with E-state index in [1.165, 1.54) is 6.33 Å². The molecular weight excluding hydrogens is 284 g/mol. The smallest absolute Gasteiger partial charge is 0.410 e. The lowest BCUT2D eigenvalue weighted by atomic mass is 10.2. The fourth-order valence-corrected chi connectivity index (χ4v) is 1.88. The van der Waals surface area contributed by atoms with Gasteiger partial charge in [-0.25, -0.2) is 14.8 Å². The molecule has 0 spiro atoms. The monoisotopic (exact) mass is 300 g/mol. The average Bonchev–Trinajstić information content (AvgIpc) is 2.36. The van der Waals surface area contributed by atoms with Gasteiger partial charge in [0, 0.05) is 0 Å². The second-order valence-electron chi connectivity index (χ2n) is 4.49. The summed E-state index contributed by atoms with van der Waals surface area (Å²) < 4.78 is 10.7. The van der Waals surface area contributed by atoms with Gasteiger partial charge in [-0.15, -0.1) is 0 Å². The maximum absolute atomic E-state index is 11.6. The molecule has 0 radical (unpaired) electrons. The van der Waals surface area contributed by atoms with Crippen molar-refractivity contribution in [3.63, 3.8) is 0 Å². The zero-order chi connectivity index (χ0) is 14.5. The van der Waals surface area contributed by atoms with Crippen molar-refractivity contribution in [2.45, 2.75) is 25.9 Å². The second kappa shape index (κ2) is 6.60. The number of rotatable bonds is 5. The van der Waals surface area contributed by atoms with Crippen molar-refractivity contribution in [2.24, 2.45) is 0 Å². The van der Waals surface area contributed by atoms with Gasteiger partial charge in [0.25, 0.3) is 0 Å². The Morgan fingerprint density at radius 1 is 1.55 bits per heavy atom. The zero-order valence-corrected chi connectivity index (χ0v) is 12.0. The Morgan fingerprint density at radius 2 is 2.30 bits per heavy atom. The minimum absolute atomic E-state index is 0.167. The van der Waals surface area contributed by atoms with E-state index in [1.807, 2.05) is 6.92 Å². The predicted octanol–water partition coefficient (Wildman–Crippen LogP) is 1.71. The van der Waals surface area contributed by atoms with E-state index in [0.29, 0.717) is 19.7 Å². The first kappa shape index (κ1) is 14.6. The van der Waals surface area contributed by atoms with E-state index in [1.54, 1.807) is 4.90 Å². The molecule has 1 saturated heterocycles. The molecular formula is C12H17ClN4O3. The number of unbranched alkanes of at least 4 members (excludes halogenated alkanes) is 1. The summed E-state index contributed by atoms with van der Waals surface area (Å²) in [5.41, 5.74) is 5.66. The molecule has 0 aliphatic carbocycles. The Balaban J connectivity index is 1.78. The molecule has 1 aliphatic rings. The number of hydrogen-bond donors (Lipinski definition) is 1. The molecule has 1 fully saturated rings. The molecule has 20 heavy (non-hydrogen) atoms. The van der Waals surface area contributed by atoms with Crippen LogP contribution in [0.15, 0.2) is 6.33 Å². The lowest BCUT2D eigenvalue weighted by molar-refractivity contribution is 0.0110. The molecule has 0 bridgehead atoms. The van der Waals surface area contributed by atoms with E-state index >= 15 is 0 Å². The molecule has 2 heterocycles. The number of nitrogens with two attached hydrogens (primary N) is 1. The number of anilines is 1. The van der Waals surface area contributed by atoms with Gasteiger partial charge in [-0.05, 0) is 6.42 Å². The SMILES string of the molecule is CCCCOC(=O)N1CC(Oc2c(N)ncnc2Cl)C1. The molecule has 0 unspecified atom stereocenters. The van der Waals surface area contributed by atoms with E-state index in [-0.39, 0.29) is 28.9 Å². The summed E-state index contributed by atoms with van der Waals surface area (Å²) in [5.74, 6) is 0.451. The largest absolute Gasteiger partial charge is 0.480 e. The Hall–Kier alpha value is -1.76. The molecule has 110 valence electrons. The highest BCUT2D eigenvalue weighted by molar-refractivity contribution is 6.31. The van der Waals surface area contributed by atoms with Crippen LogP contribution in [0.1, 0.15) is 19.8 Å². The maximum Gasteiger partial charge on any atom is 0.410 e. The van der Waals surface area contributed by atoms with Crippen LogP contribution in [0.25, 0.3) is 0 Å². The summed E-state index contributed by atoms with van der Waals surface area (Å²) in [6, 6.07) is 0. The highest BCUT2D eigenvalue weighted by atomic mass is 35.5. The summed E-state index contributed by atoms with van der Waals surface area (Å²) >= 11 is 5.88. The summed E-state index contributed by atoms with van der Waals surface area (Å²) in [4.78, 5) is 20.8. The van der Waals surface area contributed by atoms with Gasteiger partial charge in [0.2, 0.25) is 0 Å². The summed E-state index contributed by atoms with van der Waals surface area (Å²) in [6.07, 6.45) is 2.64. The number of nitrogens with zero attached hydrogens (tertiary/aromatic N) is 3. The normalized spacial score (nSPS) is 14.8. The highest BCUT2D eigenvalue weighted by Crippen LogP contribution is 2.29. The van der Waals surface area contributed by atoms with Crippen LogP contribution in [0.5, 0.6) is 5.75 Å². The molecule has 0 saturated carbocycles. The van der Waals surface area contributed by atoms with E-state index < -0.39 is 0 Å². The summed E-state index contributed by atoms with van der Waals surface area (Å²) in [5, 5.41) is 0.168. The number of carbonyl (C=O) groups excluding carboxylic acids is 1. The number of amides is 1. The van der Waals surface area contributed by atoms with Crippen LogP contribution in [0, 0.1) is 0 Å². The van der Waals surface area contributed by atoms with Crippen molar-refractivity contribution in [3.05, 3.63) is 11.5 Å². The van der Waals surface area contributed by atoms with Crippen LogP contribution in [0.3, 0.4) is 0 Å². The van der Waals surface area contributed by atoms with Gasteiger partial charge in [0.05, 0.1) is 19.7 Å². The maximum atomic E-state index is 11.6. The first-order chi connectivity index (χ1) is 9.61. The molecule has 2 rings (SSSR count). The van der Waals surface area contributed by atoms with Crippen LogP contribution in [0.2, 0.25) is 5.15 Å². The number of ether oxygens (including phenoxy) is 2. The zero-order valence-electron chi connectivity index (χ0n) is 11.2. The minimum atomic E-state index is -0.318. The number of likely N-dealkylation sites (tertiary alicyclic amines) is 1. The Bertz CT molecular complexity index is 460. The topological polar surface area (TPSA) is 90.6 Å². The lowest BCUT2D eigenvalue weighted by Gasteiger charge is -2.38. The number of carbonyl (C=O) groups is 1. The fourth-order valence-electron chi connectivity index (χ4n) is 1.70. The van der Waals surface area contributed by atoms with Gasteiger partial charge in [-0.1, -0.05) is 24.9 Å². The number of aromatic nitrogens is 2. The highest BCUT2D eigenvalue weighted by Gasteiger charge is 2.34. The first-order valence-electron chi connectivity index (χ1n) is 6.46. The van der Waals surface area contributed by atoms with Crippen molar-refractivity contribution in [1.82, 2.24) is 14.9 Å². The van der Waals surface area contributed by atoms with Crippen molar-refractivity contribution >= 4 is 23.5 Å². The molecule has 1 aliphatic heterocycles. The third-order valence-corrected chi connectivity index (χ3v) is 3.17. The van der Waals surface area contributed by atoms with Crippen LogP contribution in [0.4, 0.5) is 10.6 Å². The second-order valence-corrected chi connectivity index (χ2v) is 4.85. The molecule has 0 aromatic carbocycles. The standard InChI is InChI=1S/C12H17ClN4O3/c1-2-3-4-19-12(18)17-5-8(6-17)20-9-10(13)15-7-16-11(9)14/h7-8H,2-6H2,1H3,(H2,14,15,16). The first-order valence-corrected chi connectivity index (χ1v) is 6.84. The number of hydrogen-bond acceptors (Lipinski definition) is 6. The molecule has 8 heteroatoms. The van der Waals surface area contributed by atoms with Crippen molar-refractivity contribution in [2.75, 3.05) is 25.4 Å². The molecule has 7 nitrogen and oxygen atoms in total. The third-order valence-electron chi connectivity index (χ3n) is 2.90. The van der Waals surface area contributed by atoms with Gasteiger partial charge in [-0.3, -0.25) is 0 Å². The summed E-state index contributed by atoms with van der Waals surface area (Å²) in [7, 11) is 0. The molecule has 1 amide bonds. The van der Waals surface area contributed by atoms with Crippen molar-refractivity contribution in [3.8, 4) is 5.75 Å². The van der Waals surface area contributed by atoms with E-state index in [0.717, 1.165) is 12.8 Å². The predicted molar refractivity (Wildman–Crippen MR) is 73.7 cm³/mol. The van der Waals surface area contributed by atoms with E-state index in [2.05, 4.69) is 9.97 Å².